The van der Waals surface area contributed by atoms with E-state index in [4.69, 9.17) is 10.2 Å². The highest BCUT2D eigenvalue weighted by Crippen LogP contribution is 2.32. The summed E-state index contributed by atoms with van der Waals surface area (Å²) in [5.74, 6) is -4.98. The van der Waals surface area contributed by atoms with Crippen molar-refractivity contribution < 1.29 is 23.8 Å². The van der Waals surface area contributed by atoms with Crippen molar-refractivity contribution in [1.82, 2.24) is 0 Å². The minimum atomic E-state index is -1.66. The van der Waals surface area contributed by atoms with Crippen LogP contribution in [-0.2, 0) is 0 Å². The van der Waals surface area contributed by atoms with Gasteiger partial charge in [-0.15, -0.1) is 0 Å². The highest BCUT2D eigenvalue weighted by Gasteiger charge is 2.21. The first-order valence-electron chi connectivity index (χ1n) is 3.05. The number of halogens is 3. The van der Waals surface area contributed by atoms with Crippen molar-refractivity contribution in [1.29, 1.82) is 0 Å². The van der Waals surface area contributed by atoms with Crippen molar-refractivity contribution in [2.45, 2.75) is 0 Å². The zero-order valence-electron chi connectivity index (χ0n) is 6.01. The Morgan fingerprint density at radius 1 is 1.38 bits per heavy atom. The van der Waals surface area contributed by atoms with E-state index in [9.17, 15) is 13.6 Å². The third kappa shape index (κ3) is 1.62. The maximum atomic E-state index is 12.7. The molecule has 1 aromatic carbocycles. The van der Waals surface area contributed by atoms with Crippen LogP contribution in [0.4, 0.5) is 8.78 Å². The number of aromatic hydroxyl groups is 1. The predicted octanol–water partition coefficient (Wildman–Crippen LogP) is 2.13. The number of hydrogen-bond donors (Lipinski definition) is 2. The Balaban J connectivity index is 3.53. The molecule has 70 valence electrons. The maximum absolute atomic E-state index is 12.7. The number of carboxylic acids is 1. The van der Waals surface area contributed by atoms with E-state index >= 15 is 0 Å². The lowest BCUT2D eigenvalue weighted by atomic mass is 10.2. The first kappa shape index (κ1) is 9.91. The molecule has 0 bridgehead atoms. The summed E-state index contributed by atoms with van der Waals surface area (Å²) in [4.78, 5) is 10.4. The van der Waals surface area contributed by atoms with Crippen LogP contribution in [0, 0.1) is 11.6 Å². The smallest absolute Gasteiger partial charge is 0.342 e. The molecule has 0 saturated heterocycles. The van der Waals surface area contributed by atoms with E-state index in [1.54, 1.807) is 0 Å². The van der Waals surface area contributed by atoms with Gasteiger partial charge < -0.3 is 10.2 Å². The molecule has 2 N–H and O–H groups in total. The van der Waals surface area contributed by atoms with Gasteiger partial charge in [-0.2, -0.15) is 0 Å². The lowest BCUT2D eigenvalue weighted by Gasteiger charge is -2.03. The van der Waals surface area contributed by atoms with Crippen LogP contribution in [0.2, 0.25) is 0 Å². The molecular formula is C7H3BrF2O3. The summed E-state index contributed by atoms with van der Waals surface area (Å²) in [6, 6.07) is 0.382. The van der Waals surface area contributed by atoms with Gasteiger partial charge in [-0.1, -0.05) is 0 Å². The van der Waals surface area contributed by atoms with E-state index < -0.39 is 33.4 Å². The van der Waals surface area contributed by atoms with Crippen molar-refractivity contribution in [3.05, 3.63) is 27.7 Å². The van der Waals surface area contributed by atoms with Crippen molar-refractivity contribution in [3.63, 3.8) is 0 Å². The molecule has 0 aromatic heterocycles. The first-order chi connectivity index (χ1) is 5.95. The predicted molar refractivity (Wildman–Crippen MR) is 42.7 cm³/mol. The Morgan fingerprint density at radius 2 is 1.92 bits per heavy atom. The molecule has 0 aliphatic carbocycles. The van der Waals surface area contributed by atoms with E-state index in [0.717, 1.165) is 0 Å². The van der Waals surface area contributed by atoms with Crippen molar-refractivity contribution in [2.24, 2.45) is 0 Å². The third-order valence-corrected chi connectivity index (χ3v) is 2.11. The molecule has 0 spiro atoms. The Kier molecular flexibility index (Phi) is 2.51. The van der Waals surface area contributed by atoms with Crippen LogP contribution in [0.25, 0.3) is 0 Å². The van der Waals surface area contributed by atoms with Gasteiger partial charge in [0, 0.05) is 6.07 Å². The Bertz CT molecular complexity index is 378. The van der Waals surface area contributed by atoms with E-state index in [1.807, 2.05) is 0 Å². The van der Waals surface area contributed by atoms with Crippen LogP contribution in [0.1, 0.15) is 10.4 Å². The average molecular weight is 253 g/mol. The summed E-state index contributed by atoms with van der Waals surface area (Å²) in [7, 11) is 0. The average Bonchev–Trinajstić information content (AvgIpc) is 1.99. The zero-order valence-corrected chi connectivity index (χ0v) is 7.60. The molecule has 0 aliphatic rings. The second-order valence-electron chi connectivity index (χ2n) is 2.18. The Labute approximate surface area is 79.7 Å². The van der Waals surface area contributed by atoms with Gasteiger partial charge in [0.25, 0.3) is 0 Å². The van der Waals surface area contributed by atoms with E-state index in [2.05, 4.69) is 15.9 Å². The van der Waals surface area contributed by atoms with Crippen LogP contribution >= 0.6 is 15.9 Å². The Morgan fingerprint density at radius 3 is 2.38 bits per heavy atom. The van der Waals surface area contributed by atoms with E-state index in [0.29, 0.717) is 6.07 Å². The van der Waals surface area contributed by atoms with Crippen LogP contribution < -0.4 is 0 Å². The zero-order chi connectivity index (χ0) is 10.2. The molecule has 0 heterocycles. The number of aromatic carboxylic acids is 1. The van der Waals surface area contributed by atoms with Crippen LogP contribution in [0.15, 0.2) is 10.5 Å². The minimum Gasteiger partial charge on any atom is -0.506 e. The van der Waals surface area contributed by atoms with Gasteiger partial charge in [0.05, 0.1) is 4.47 Å². The largest absolute Gasteiger partial charge is 0.506 e. The summed E-state index contributed by atoms with van der Waals surface area (Å²) in [6.07, 6.45) is 0. The lowest BCUT2D eigenvalue weighted by molar-refractivity contribution is 0.0688. The monoisotopic (exact) mass is 252 g/mol. The molecule has 0 unspecified atom stereocenters. The summed E-state index contributed by atoms with van der Waals surface area (Å²) in [6.45, 7) is 0. The van der Waals surface area contributed by atoms with Crippen LogP contribution in [0.3, 0.4) is 0 Å². The SMILES string of the molecule is O=C(O)c1c(F)cc(F)c(Br)c1O. The fraction of sp³-hybridized carbons (Fsp3) is 0. The molecule has 0 amide bonds. The van der Waals surface area contributed by atoms with Gasteiger partial charge in [0.1, 0.15) is 22.9 Å². The molecule has 0 saturated carbocycles. The highest BCUT2D eigenvalue weighted by molar-refractivity contribution is 9.10. The van der Waals surface area contributed by atoms with Gasteiger partial charge in [-0.05, 0) is 15.9 Å². The number of carboxylic acid groups (broad SMARTS) is 1. The molecule has 0 atom stereocenters. The molecule has 13 heavy (non-hydrogen) atoms. The van der Waals surface area contributed by atoms with E-state index in [1.165, 1.54) is 0 Å². The van der Waals surface area contributed by atoms with Crippen LogP contribution in [-0.4, -0.2) is 16.2 Å². The fourth-order valence-electron chi connectivity index (χ4n) is 0.786. The number of rotatable bonds is 1. The number of phenols is 1. The molecule has 0 fully saturated rings. The molecule has 6 heteroatoms. The molecular weight excluding hydrogens is 250 g/mol. The van der Waals surface area contributed by atoms with Gasteiger partial charge in [0.15, 0.2) is 0 Å². The number of benzene rings is 1. The maximum Gasteiger partial charge on any atom is 0.342 e. The molecule has 3 nitrogen and oxygen atoms in total. The Hall–Kier alpha value is -1.17. The van der Waals surface area contributed by atoms with Gasteiger partial charge in [0.2, 0.25) is 0 Å². The van der Waals surface area contributed by atoms with Crippen LogP contribution in [0.5, 0.6) is 5.75 Å². The second kappa shape index (κ2) is 3.29. The van der Waals surface area contributed by atoms with Gasteiger partial charge >= 0.3 is 5.97 Å². The third-order valence-electron chi connectivity index (χ3n) is 1.36. The summed E-state index contributed by atoms with van der Waals surface area (Å²) < 4.78 is 24.9. The fourth-order valence-corrected chi connectivity index (χ4v) is 1.10. The summed E-state index contributed by atoms with van der Waals surface area (Å²) in [5.41, 5.74) is -0.951. The second-order valence-corrected chi connectivity index (χ2v) is 2.98. The molecule has 1 aromatic rings. The minimum absolute atomic E-state index is 0.382. The normalized spacial score (nSPS) is 10.1. The standard InChI is InChI=1S/C7H3BrF2O3/c8-5-3(10)1-2(9)4(6(5)11)7(12)13/h1,11H,(H,12,13). The van der Waals surface area contributed by atoms with Crippen molar-refractivity contribution in [3.8, 4) is 5.75 Å². The van der Waals surface area contributed by atoms with Gasteiger partial charge in [-0.3, -0.25) is 0 Å². The lowest BCUT2D eigenvalue weighted by Crippen LogP contribution is -2.02. The highest BCUT2D eigenvalue weighted by atomic mass is 79.9. The summed E-state index contributed by atoms with van der Waals surface area (Å²) in [5, 5.41) is 17.4. The topological polar surface area (TPSA) is 57.5 Å². The van der Waals surface area contributed by atoms with Gasteiger partial charge in [-0.25, -0.2) is 13.6 Å². The molecule has 1 rings (SSSR count). The van der Waals surface area contributed by atoms with E-state index in [-0.39, 0.29) is 0 Å². The van der Waals surface area contributed by atoms with Crippen molar-refractivity contribution in [2.75, 3.05) is 0 Å². The number of carbonyl (C=O) groups is 1. The van der Waals surface area contributed by atoms with Crippen molar-refractivity contribution >= 4 is 21.9 Å². The first-order valence-corrected chi connectivity index (χ1v) is 3.84. The molecule has 0 aliphatic heterocycles. The quantitative estimate of drug-likeness (QED) is 0.753. The number of hydrogen-bond acceptors (Lipinski definition) is 2. The molecule has 0 radical (unpaired) electrons. The summed E-state index contributed by atoms with van der Waals surface area (Å²) >= 11 is 2.58.